The van der Waals surface area contributed by atoms with Gasteiger partial charge in [0, 0.05) is 29.5 Å². The molecule has 6 heterocycles. The van der Waals surface area contributed by atoms with E-state index in [1.165, 1.54) is 6.33 Å². The van der Waals surface area contributed by atoms with Gasteiger partial charge in [-0.2, -0.15) is 5.10 Å². The summed E-state index contributed by atoms with van der Waals surface area (Å²) in [5.41, 5.74) is 7.68. The number of nitrogens with one attached hydrogen (secondary N) is 2. The second-order valence-corrected chi connectivity index (χ2v) is 7.02. The third kappa shape index (κ3) is 2.56. The normalized spacial score (nSPS) is 11.5. The Morgan fingerprint density at radius 1 is 0.967 bits per heavy atom. The molecule has 0 aliphatic rings. The van der Waals surface area contributed by atoms with Crippen LogP contribution in [0.5, 0.6) is 0 Å². The van der Waals surface area contributed by atoms with Crippen LogP contribution in [-0.2, 0) is 0 Å². The van der Waals surface area contributed by atoms with Gasteiger partial charge in [-0.15, -0.1) is 0 Å². The van der Waals surface area contributed by atoms with E-state index in [9.17, 15) is 0 Å². The minimum atomic E-state index is 0.743. The second-order valence-electron chi connectivity index (χ2n) is 7.02. The maximum Gasteiger partial charge on any atom is 0.135 e. The van der Waals surface area contributed by atoms with Crippen LogP contribution in [0.25, 0.3) is 50.3 Å². The molecular weight excluding hydrogens is 378 g/mol. The summed E-state index contributed by atoms with van der Waals surface area (Å²) in [6, 6.07) is 5.96. The van der Waals surface area contributed by atoms with Gasteiger partial charge in [-0.25, -0.2) is 19.9 Å². The number of H-pyrrole nitrogens is 2. The molecule has 0 aromatic carbocycles. The van der Waals surface area contributed by atoms with Crippen LogP contribution in [0.3, 0.4) is 0 Å². The van der Waals surface area contributed by atoms with Crippen LogP contribution < -0.4 is 0 Å². The van der Waals surface area contributed by atoms with Gasteiger partial charge in [-0.1, -0.05) is 0 Å². The van der Waals surface area contributed by atoms with Crippen LogP contribution >= 0.6 is 0 Å². The SMILES string of the molecule is Cc1cn(-c2cncc3[nH]c(-c4n[nH]c5ccc(-c6cncnc6)nc45)cc23)cn1. The molecule has 6 aromatic rings. The molecule has 9 nitrogen and oxygen atoms in total. The fourth-order valence-electron chi connectivity index (χ4n) is 3.60. The summed E-state index contributed by atoms with van der Waals surface area (Å²) in [5, 5.41) is 8.61. The van der Waals surface area contributed by atoms with Crippen molar-refractivity contribution in [1.82, 2.24) is 44.7 Å². The lowest BCUT2D eigenvalue weighted by molar-refractivity contribution is 1.05. The lowest BCUT2D eigenvalue weighted by Gasteiger charge is -2.02. The van der Waals surface area contributed by atoms with Gasteiger partial charge in [0.25, 0.3) is 0 Å². The second kappa shape index (κ2) is 6.31. The predicted octanol–water partition coefficient (Wildman–Crippen LogP) is 3.45. The lowest BCUT2D eigenvalue weighted by atomic mass is 10.2. The summed E-state index contributed by atoms with van der Waals surface area (Å²) in [6.45, 7) is 1.96. The number of nitrogens with zero attached hydrogens (tertiary/aromatic N) is 7. The van der Waals surface area contributed by atoms with Crippen LogP contribution in [-0.4, -0.2) is 44.7 Å². The maximum absolute atomic E-state index is 4.81. The Hall–Kier alpha value is -4.40. The first-order valence-corrected chi connectivity index (χ1v) is 9.35. The molecule has 30 heavy (non-hydrogen) atoms. The van der Waals surface area contributed by atoms with Crippen molar-refractivity contribution < 1.29 is 0 Å². The van der Waals surface area contributed by atoms with Crippen molar-refractivity contribution in [3.8, 4) is 28.3 Å². The molecule has 144 valence electrons. The molecule has 6 aromatic heterocycles. The molecule has 9 heteroatoms. The van der Waals surface area contributed by atoms with E-state index in [2.05, 4.69) is 41.2 Å². The highest BCUT2D eigenvalue weighted by Gasteiger charge is 2.15. The molecule has 0 spiro atoms. The van der Waals surface area contributed by atoms with Crippen LogP contribution in [0.15, 0.2) is 61.8 Å². The van der Waals surface area contributed by atoms with Gasteiger partial charge in [0.2, 0.25) is 0 Å². The molecule has 0 saturated heterocycles. The molecule has 0 fully saturated rings. The third-order valence-electron chi connectivity index (χ3n) is 5.03. The van der Waals surface area contributed by atoms with Crippen LogP contribution in [0.1, 0.15) is 5.69 Å². The fraction of sp³-hybridized carbons (Fsp3) is 0.0476. The summed E-state index contributed by atoms with van der Waals surface area (Å²) in [6.07, 6.45) is 12.4. The van der Waals surface area contributed by atoms with E-state index in [0.717, 1.165) is 56.0 Å². The first kappa shape index (κ1) is 16.5. The number of aromatic nitrogens is 9. The van der Waals surface area contributed by atoms with E-state index >= 15 is 0 Å². The summed E-state index contributed by atoms with van der Waals surface area (Å²) < 4.78 is 1.97. The molecule has 2 N–H and O–H groups in total. The van der Waals surface area contributed by atoms with E-state index in [1.807, 2.05) is 36.0 Å². The number of pyridine rings is 2. The standard InChI is InChI=1S/C21H15N9/c1-12-9-30(11-25-12)19-8-22-7-18-14(19)4-17(26-18)21-20-16(28-29-21)3-2-15(27-20)13-5-23-10-24-6-13/h2-11,26H,1H3,(H,28,29). The van der Waals surface area contributed by atoms with E-state index in [-0.39, 0.29) is 0 Å². The molecule has 0 aliphatic carbocycles. The summed E-state index contributed by atoms with van der Waals surface area (Å²) in [5.74, 6) is 0. The molecule has 0 amide bonds. The number of hydrogen-bond donors (Lipinski definition) is 2. The van der Waals surface area contributed by atoms with Crippen molar-refractivity contribution in [2.45, 2.75) is 6.92 Å². The van der Waals surface area contributed by atoms with Crippen molar-refractivity contribution >= 4 is 21.9 Å². The van der Waals surface area contributed by atoms with E-state index in [1.54, 1.807) is 24.9 Å². The molecule has 0 atom stereocenters. The molecule has 0 aliphatic heterocycles. The molecule has 6 rings (SSSR count). The number of aryl methyl sites for hydroxylation is 1. The number of imidazole rings is 1. The highest BCUT2D eigenvalue weighted by Crippen LogP contribution is 2.31. The van der Waals surface area contributed by atoms with Crippen molar-refractivity contribution in [3.05, 3.63) is 67.5 Å². The van der Waals surface area contributed by atoms with Crippen molar-refractivity contribution in [3.63, 3.8) is 0 Å². The average Bonchev–Trinajstić information content (AvgIpc) is 3.51. The van der Waals surface area contributed by atoms with Crippen molar-refractivity contribution in [1.29, 1.82) is 0 Å². The van der Waals surface area contributed by atoms with Crippen LogP contribution in [0, 0.1) is 6.92 Å². The van der Waals surface area contributed by atoms with E-state index < -0.39 is 0 Å². The first-order chi connectivity index (χ1) is 14.8. The Kier molecular flexibility index (Phi) is 3.48. The monoisotopic (exact) mass is 393 g/mol. The van der Waals surface area contributed by atoms with Crippen LogP contribution in [0.4, 0.5) is 0 Å². The van der Waals surface area contributed by atoms with Gasteiger partial charge in [0.05, 0.1) is 52.5 Å². The molecule has 0 unspecified atom stereocenters. The molecule has 0 saturated carbocycles. The summed E-state index contributed by atoms with van der Waals surface area (Å²) in [7, 11) is 0. The molecule has 0 bridgehead atoms. The largest absolute Gasteiger partial charge is 0.352 e. The Balaban J connectivity index is 1.52. The van der Waals surface area contributed by atoms with Crippen LogP contribution in [0.2, 0.25) is 0 Å². The molecule has 0 radical (unpaired) electrons. The zero-order valence-corrected chi connectivity index (χ0v) is 15.9. The third-order valence-corrected chi connectivity index (χ3v) is 5.03. The fourth-order valence-corrected chi connectivity index (χ4v) is 3.60. The highest BCUT2D eigenvalue weighted by molar-refractivity contribution is 5.96. The average molecular weight is 393 g/mol. The Morgan fingerprint density at radius 2 is 1.87 bits per heavy atom. The minimum absolute atomic E-state index is 0.743. The number of aromatic amines is 2. The van der Waals surface area contributed by atoms with Gasteiger partial charge < -0.3 is 9.55 Å². The van der Waals surface area contributed by atoms with Crippen molar-refractivity contribution in [2.75, 3.05) is 0 Å². The van der Waals surface area contributed by atoms with Gasteiger partial charge >= 0.3 is 0 Å². The topological polar surface area (TPSA) is 114 Å². The Bertz CT molecular complexity index is 1510. The summed E-state index contributed by atoms with van der Waals surface area (Å²) in [4.78, 5) is 25.1. The number of hydrogen-bond acceptors (Lipinski definition) is 6. The number of rotatable bonds is 3. The van der Waals surface area contributed by atoms with Gasteiger partial charge in [0.15, 0.2) is 0 Å². The summed E-state index contributed by atoms with van der Waals surface area (Å²) >= 11 is 0. The molecular formula is C21H15N9. The van der Waals surface area contributed by atoms with Gasteiger partial charge in [0.1, 0.15) is 17.5 Å². The van der Waals surface area contributed by atoms with E-state index in [0.29, 0.717) is 0 Å². The highest BCUT2D eigenvalue weighted by atomic mass is 15.1. The quantitative estimate of drug-likeness (QED) is 0.476. The van der Waals surface area contributed by atoms with E-state index in [4.69, 9.17) is 4.98 Å². The minimum Gasteiger partial charge on any atom is -0.352 e. The predicted molar refractivity (Wildman–Crippen MR) is 112 cm³/mol. The van der Waals surface area contributed by atoms with Gasteiger partial charge in [-0.3, -0.25) is 10.1 Å². The zero-order chi connectivity index (χ0) is 20.1. The Labute approximate surface area is 169 Å². The number of fused-ring (bicyclic) bond motifs is 2. The maximum atomic E-state index is 4.81. The van der Waals surface area contributed by atoms with Crippen molar-refractivity contribution in [2.24, 2.45) is 0 Å². The zero-order valence-electron chi connectivity index (χ0n) is 15.9. The Morgan fingerprint density at radius 3 is 2.70 bits per heavy atom. The first-order valence-electron chi connectivity index (χ1n) is 9.35. The lowest BCUT2D eigenvalue weighted by Crippen LogP contribution is -1.91. The smallest absolute Gasteiger partial charge is 0.135 e. The van der Waals surface area contributed by atoms with Gasteiger partial charge in [-0.05, 0) is 25.1 Å².